The monoisotopic (exact) mass is 363 g/mol. The van der Waals surface area contributed by atoms with Crippen molar-refractivity contribution in [1.82, 2.24) is 0 Å². The minimum atomic E-state index is -0.973. The van der Waals surface area contributed by atoms with E-state index in [9.17, 15) is 14.4 Å². The van der Waals surface area contributed by atoms with Gasteiger partial charge in [0.1, 0.15) is 6.10 Å². The van der Waals surface area contributed by atoms with Crippen LogP contribution in [0.3, 0.4) is 0 Å². The zero-order valence-electron chi connectivity index (χ0n) is 12.1. The van der Waals surface area contributed by atoms with Crippen molar-refractivity contribution in [1.29, 1.82) is 5.26 Å². The fourth-order valence-corrected chi connectivity index (χ4v) is 2.33. The van der Waals surface area contributed by atoms with E-state index in [1.54, 1.807) is 0 Å². The Kier molecular flexibility index (Phi) is 9.37. The molecule has 0 fully saturated rings. The van der Waals surface area contributed by atoms with E-state index in [0.29, 0.717) is 6.42 Å². The molecule has 0 aromatic carbocycles. The maximum atomic E-state index is 11.2. The summed E-state index contributed by atoms with van der Waals surface area (Å²) in [5.41, 5.74) is 0. The van der Waals surface area contributed by atoms with Crippen LogP contribution < -0.4 is 0 Å². The first-order valence-electron chi connectivity index (χ1n) is 6.28. The topological polar surface area (TPSA) is 103 Å². The van der Waals surface area contributed by atoms with Crippen molar-refractivity contribution in [2.75, 3.05) is 0 Å². The molecule has 0 heterocycles. The number of ether oxygens (including phenoxy) is 3. The van der Waals surface area contributed by atoms with Gasteiger partial charge in [0.05, 0.1) is 10.9 Å². The van der Waals surface area contributed by atoms with Gasteiger partial charge in [-0.05, 0) is 13.3 Å². The molecule has 7 nitrogen and oxygen atoms in total. The summed E-state index contributed by atoms with van der Waals surface area (Å²) < 4.78 is 15.1. The molecule has 0 aliphatic heterocycles. The predicted octanol–water partition coefficient (Wildman–Crippen LogP) is 1.48. The minimum Gasteiger partial charge on any atom is -0.461 e. The summed E-state index contributed by atoms with van der Waals surface area (Å²) in [6.07, 6.45) is -2.06. The highest BCUT2D eigenvalue weighted by atomic mass is 79.9. The van der Waals surface area contributed by atoms with Crippen molar-refractivity contribution in [3.8, 4) is 6.07 Å². The number of nitrogens with zero attached hydrogens (tertiary/aromatic N) is 1. The van der Waals surface area contributed by atoms with Crippen molar-refractivity contribution >= 4 is 34.3 Å². The average molecular weight is 364 g/mol. The quantitative estimate of drug-likeness (QED) is 0.264. The molecule has 0 aromatic heterocycles. The number of carbonyl (C=O) groups is 3. The van der Waals surface area contributed by atoms with Gasteiger partial charge in [0.25, 0.3) is 6.47 Å². The third kappa shape index (κ3) is 7.66. The Bertz CT molecular complexity index is 408. The number of nitriles is 1. The van der Waals surface area contributed by atoms with Gasteiger partial charge in [-0.2, -0.15) is 5.26 Å². The van der Waals surface area contributed by atoms with Gasteiger partial charge in [0.15, 0.2) is 12.2 Å². The smallest absolute Gasteiger partial charge is 0.303 e. The summed E-state index contributed by atoms with van der Waals surface area (Å²) in [6, 6.07) is 1.98. The van der Waals surface area contributed by atoms with E-state index in [2.05, 4.69) is 15.9 Å². The molecule has 0 bridgehead atoms. The Morgan fingerprint density at radius 3 is 2.19 bits per heavy atom. The summed E-state index contributed by atoms with van der Waals surface area (Å²) >= 11 is 3.32. The molecule has 0 aromatic rings. The van der Waals surface area contributed by atoms with Crippen LogP contribution in [0.1, 0.15) is 33.6 Å². The summed E-state index contributed by atoms with van der Waals surface area (Å²) in [7, 11) is 0. The largest absolute Gasteiger partial charge is 0.461 e. The molecule has 0 spiro atoms. The van der Waals surface area contributed by atoms with Gasteiger partial charge in [0.2, 0.25) is 0 Å². The molecular formula is C13H18BrNO6. The molecule has 0 radical (unpaired) electrons. The number of esters is 2. The van der Waals surface area contributed by atoms with Crippen LogP contribution in [0.4, 0.5) is 0 Å². The van der Waals surface area contributed by atoms with Crippen LogP contribution in [0.5, 0.6) is 0 Å². The van der Waals surface area contributed by atoms with Crippen LogP contribution in [0.15, 0.2) is 0 Å². The number of hydrogen-bond acceptors (Lipinski definition) is 7. The Balaban J connectivity index is 5.22. The molecule has 118 valence electrons. The van der Waals surface area contributed by atoms with Crippen molar-refractivity contribution in [3.05, 3.63) is 0 Å². The first-order chi connectivity index (χ1) is 9.83. The van der Waals surface area contributed by atoms with Gasteiger partial charge in [0, 0.05) is 20.3 Å². The fraction of sp³-hybridized carbons (Fsp3) is 0.692. The second-order valence-electron chi connectivity index (χ2n) is 4.30. The van der Waals surface area contributed by atoms with Crippen LogP contribution >= 0.6 is 15.9 Å². The van der Waals surface area contributed by atoms with E-state index >= 15 is 0 Å². The van der Waals surface area contributed by atoms with Crippen LogP contribution in [-0.4, -0.2) is 41.5 Å². The SMILES string of the molecule is CC(=O)O[C@H]([C@@H](OC(C)=O)[C@H](C)OC=O)[C@H](Br)CCC#N. The maximum Gasteiger partial charge on any atom is 0.303 e. The first-order valence-corrected chi connectivity index (χ1v) is 7.19. The number of alkyl halides is 1. The van der Waals surface area contributed by atoms with Gasteiger partial charge in [-0.1, -0.05) is 15.9 Å². The van der Waals surface area contributed by atoms with Crippen molar-refractivity contribution in [2.45, 2.75) is 56.8 Å². The zero-order chi connectivity index (χ0) is 16.4. The van der Waals surface area contributed by atoms with Crippen molar-refractivity contribution < 1.29 is 28.6 Å². The van der Waals surface area contributed by atoms with E-state index in [-0.39, 0.29) is 12.9 Å². The van der Waals surface area contributed by atoms with Gasteiger partial charge >= 0.3 is 11.9 Å². The predicted molar refractivity (Wildman–Crippen MR) is 75.3 cm³/mol. The normalized spacial score (nSPS) is 15.8. The van der Waals surface area contributed by atoms with Gasteiger partial charge in [-0.25, -0.2) is 0 Å². The second-order valence-corrected chi connectivity index (χ2v) is 5.47. The van der Waals surface area contributed by atoms with Gasteiger partial charge in [-0.3, -0.25) is 14.4 Å². The molecule has 21 heavy (non-hydrogen) atoms. The molecular weight excluding hydrogens is 346 g/mol. The van der Waals surface area contributed by atoms with Crippen molar-refractivity contribution in [3.63, 3.8) is 0 Å². The molecule has 0 rings (SSSR count). The number of halogens is 1. The molecule has 0 amide bonds. The molecule has 0 N–H and O–H groups in total. The lowest BCUT2D eigenvalue weighted by Gasteiger charge is -2.32. The van der Waals surface area contributed by atoms with E-state index in [0.717, 1.165) is 0 Å². The van der Waals surface area contributed by atoms with Crippen LogP contribution in [-0.2, 0) is 28.6 Å². The lowest BCUT2D eigenvalue weighted by Crippen LogP contribution is -2.47. The van der Waals surface area contributed by atoms with E-state index < -0.39 is 35.1 Å². The molecule has 8 heteroatoms. The van der Waals surface area contributed by atoms with Crippen molar-refractivity contribution in [2.24, 2.45) is 0 Å². The highest BCUT2D eigenvalue weighted by Gasteiger charge is 2.38. The molecule has 0 saturated carbocycles. The van der Waals surface area contributed by atoms with E-state index in [1.165, 1.54) is 20.8 Å². The van der Waals surface area contributed by atoms with Gasteiger partial charge < -0.3 is 14.2 Å². The Morgan fingerprint density at radius 2 is 1.76 bits per heavy atom. The number of hydrogen-bond donors (Lipinski definition) is 0. The summed E-state index contributed by atoms with van der Waals surface area (Å²) in [4.78, 5) is 32.5. The van der Waals surface area contributed by atoms with E-state index in [4.69, 9.17) is 19.5 Å². The Morgan fingerprint density at radius 1 is 1.24 bits per heavy atom. The zero-order valence-corrected chi connectivity index (χ0v) is 13.7. The molecule has 4 atom stereocenters. The Hall–Kier alpha value is -1.62. The number of rotatable bonds is 9. The standard InChI is InChI=1S/C13H18BrNO6/c1-8(19-7-16)12(20-9(2)17)13(21-10(3)18)11(14)5-4-6-15/h7-8,11-13H,4-5H2,1-3H3/t8-,11+,12-,13-/m0/s1. The summed E-state index contributed by atoms with van der Waals surface area (Å²) in [6.45, 7) is 4.16. The summed E-state index contributed by atoms with van der Waals surface area (Å²) in [5, 5.41) is 8.62. The lowest BCUT2D eigenvalue weighted by molar-refractivity contribution is -0.178. The maximum absolute atomic E-state index is 11.2. The lowest BCUT2D eigenvalue weighted by atomic mass is 10.0. The molecule has 0 unspecified atom stereocenters. The molecule has 0 aliphatic rings. The highest BCUT2D eigenvalue weighted by Crippen LogP contribution is 2.23. The fourth-order valence-electron chi connectivity index (χ4n) is 1.69. The highest BCUT2D eigenvalue weighted by molar-refractivity contribution is 9.09. The average Bonchev–Trinajstić information content (AvgIpc) is 2.39. The minimum absolute atomic E-state index is 0.226. The Labute approximate surface area is 131 Å². The molecule has 0 aliphatic carbocycles. The summed E-state index contributed by atoms with van der Waals surface area (Å²) in [5.74, 6) is -1.17. The van der Waals surface area contributed by atoms with E-state index in [1.807, 2.05) is 6.07 Å². The second kappa shape index (κ2) is 10.2. The third-order valence-electron chi connectivity index (χ3n) is 2.55. The van der Waals surface area contributed by atoms with Crippen LogP contribution in [0.25, 0.3) is 0 Å². The molecule has 0 saturated heterocycles. The van der Waals surface area contributed by atoms with Crippen LogP contribution in [0, 0.1) is 11.3 Å². The van der Waals surface area contributed by atoms with Crippen LogP contribution in [0.2, 0.25) is 0 Å². The third-order valence-corrected chi connectivity index (χ3v) is 3.53. The van der Waals surface area contributed by atoms with Gasteiger partial charge in [-0.15, -0.1) is 0 Å². The first kappa shape index (κ1) is 19.4. The number of carbonyl (C=O) groups excluding carboxylic acids is 3.